The summed E-state index contributed by atoms with van der Waals surface area (Å²) >= 11 is 0. The molecule has 0 spiro atoms. The summed E-state index contributed by atoms with van der Waals surface area (Å²) in [5.74, 6) is 1.16. The number of nitrogens with one attached hydrogen (secondary N) is 2. The molecule has 1 unspecified atom stereocenters. The maximum Gasteiger partial charge on any atom is 0.226 e. The SMILES string of the molecule is CCOc1ccnc(NC2CNC[C@@H]2OC)n1. The fourth-order valence-electron chi connectivity index (χ4n) is 1.85. The molecule has 0 saturated carbocycles. The van der Waals surface area contributed by atoms with Crippen LogP contribution in [0.5, 0.6) is 5.88 Å². The largest absolute Gasteiger partial charge is 0.478 e. The number of rotatable bonds is 5. The van der Waals surface area contributed by atoms with Crippen molar-refractivity contribution in [2.24, 2.45) is 0 Å². The molecule has 6 nitrogen and oxygen atoms in total. The van der Waals surface area contributed by atoms with Gasteiger partial charge in [0.1, 0.15) is 0 Å². The van der Waals surface area contributed by atoms with Crippen LogP contribution < -0.4 is 15.4 Å². The zero-order chi connectivity index (χ0) is 12.1. The first-order valence-electron chi connectivity index (χ1n) is 5.79. The summed E-state index contributed by atoms with van der Waals surface area (Å²) in [5, 5.41) is 6.51. The van der Waals surface area contributed by atoms with Crippen LogP contribution in [0.2, 0.25) is 0 Å². The smallest absolute Gasteiger partial charge is 0.226 e. The van der Waals surface area contributed by atoms with Crippen molar-refractivity contribution in [1.29, 1.82) is 0 Å². The normalized spacial score (nSPS) is 23.6. The Bertz CT molecular complexity index is 361. The molecule has 1 aromatic rings. The van der Waals surface area contributed by atoms with Crippen LogP contribution in [0.1, 0.15) is 6.92 Å². The first-order chi connectivity index (χ1) is 8.33. The predicted octanol–water partition coefficient (Wildman–Crippen LogP) is 0.274. The number of hydrogen-bond acceptors (Lipinski definition) is 6. The molecular formula is C11H18N4O2. The molecule has 0 aromatic carbocycles. The molecular weight excluding hydrogens is 220 g/mol. The lowest BCUT2D eigenvalue weighted by atomic mass is 10.2. The molecule has 1 aliphatic heterocycles. The van der Waals surface area contributed by atoms with Crippen LogP contribution in [0.15, 0.2) is 12.3 Å². The van der Waals surface area contributed by atoms with E-state index in [2.05, 4.69) is 20.6 Å². The molecule has 2 atom stereocenters. The number of anilines is 1. The second-order valence-electron chi connectivity index (χ2n) is 3.83. The van der Waals surface area contributed by atoms with Gasteiger partial charge in [0.15, 0.2) is 0 Å². The Balaban J connectivity index is 2.00. The molecule has 94 valence electrons. The lowest BCUT2D eigenvalue weighted by molar-refractivity contribution is 0.111. The van der Waals surface area contributed by atoms with Crippen molar-refractivity contribution in [3.8, 4) is 5.88 Å². The highest BCUT2D eigenvalue weighted by Gasteiger charge is 2.27. The fourth-order valence-corrected chi connectivity index (χ4v) is 1.85. The van der Waals surface area contributed by atoms with E-state index in [1.807, 2.05) is 6.92 Å². The molecule has 1 aliphatic rings. The molecule has 2 N–H and O–H groups in total. The monoisotopic (exact) mass is 238 g/mol. The van der Waals surface area contributed by atoms with Crippen molar-refractivity contribution < 1.29 is 9.47 Å². The zero-order valence-corrected chi connectivity index (χ0v) is 10.1. The van der Waals surface area contributed by atoms with E-state index < -0.39 is 0 Å². The van der Waals surface area contributed by atoms with Crippen LogP contribution in [0.3, 0.4) is 0 Å². The van der Waals surface area contributed by atoms with Crippen molar-refractivity contribution in [2.75, 3.05) is 32.1 Å². The summed E-state index contributed by atoms with van der Waals surface area (Å²) in [4.78, 5) is 8.44. The van der Waals surface area contributed by atoms with Gasteiger partial charge < -0.3 is 20.1 Å². The first-order valence-corrected chi connectivity index (χ1v) is 5.79. The highest BCUT2D eigenvalue weighted by atomic mass is 16.5. The Hall–Kier alpha value is -1.40. The van der Waals surface area contributed by atoms with E-state index in [-0.39, 0.29) is 12.1 Å². The van der Waals surface area contributed by atoms with Crippen molar-refractivity contribution in [3.05, 3.63) is 12.3 Å². The second-order valence-corrected chi connectivity index (χ2v) is 3.83. The minimum atomic E-state index is 0.148. The van der Waals surface area contributed by atoms with Gasteiger partial charge in [-0.3, -0.25) is 0 Å². The molecule has 6 heteroatoms. The van der Waals surface area contributed by atoms with E-state index in [4.69, 9.17) is 9.47 Å². The van der Waals surface area contributed by atoms with Gasteiger partial charge in [-0.05, 0) is 6.92 Å². The van der Waals surface area contributed by atoms with Crippen molar-refractivity contribution in [3.63, 3.8) is 0 Å². The average molecular weight is 238 g/mol. The van der Waals surface area contributed by atoms with Gasteiger partial charge in [0, 0.05) is 32.5 Å². The van der Waals surface area contributed by atoms with Crippen molar-refractivity contribution in [2.45, 2.75) is 19.1 Å². The van der Waals surface area contributed by atoms with Gasteiger partial charge in [-0.1, -0.05) is 0 Å². The molecule has 0 aliphatic carbocycles. The maximum atomic E-state index is 5.36. The summed E-state index contributed by atoms with van der Waals surface area (Å²) in [5.41, 5.74) is 0. The molecule has 2 heterocycles. The maximum absolute atomic E-state index is 5.36. The lowest BCUT2D eigenvalue weighted by Crippen LogP contribution is -2.34. The molecule has 0 radical (unpaired) electrons. The van der Waals surface area contributed by atoms with E-state index in [1.165, 1.54) is 0 Å². The van der Waals surface area contributed by atoms with Crippen LogP contribution in [0, 0.1) is 0 Å². The number of ether oxygens (including phenoxy) is 2. The van der Waals surface area contributed by atoms with E-state index in [0.29, 0.717) is 18.4 Å². The highest BCUT2D eigenvalue weighted by molar-refractivity contribution is 5.30. The summed E-state index contributed by atoms with van der Waals surface area (Å²) in [7, 11) is 1.71. The number of methoxy groups -OCH3 is 1. The predicted molar refractivity (Wildman–Crippen MR) is 64.3 cm³/mol. The molecule has 1 fully saturated rings. The minimum Gasteiger partial charge on any atom is -0.478 e. The van der Waals surface area contributed by atoms with Gasteiger partial charge in [0.05, 0.1) is 18.8 Å². The fraction of sp³-hybridized carbons (Fsp3) is 0.636. The minimum absolute atomic E-state index is 0.148. The molecule has 0 amide bonds. The Morgan fingerprint density at radius 1 is 1.53 bits per heavy atom. The third-order valence-electron chi connectivity index (χ3n) is 2.70. The summed E-state index contributed by atoms with van der Waals surface area (Å²) < 4.78 is 10.7. The van der Waals surface area contributed by atoms with Crippen LogP contribution in [-0.2, 0) is 4.74 Å². The van der Waals surface area contributed by atoms with Gasteiger partial charge in [-0.2, -0.15) is 4.98 Å². The first kappa shape index (κ1) is 12.1. The quantitative estimate of drug-likeness (QED) is 0.767. The average Bonchev–Trinajstić information content (AvgIpc) is 2.77. The Morgan fingerprint density at radius 2 is 2.41 bits per heavy atom. The van der Waals surface area contributed by atoms with E-state index in [1.54, 1.807) is 19.4 Å². The Morgan fingerprint density at radius 3 is 3.18 bits per heavy atom. The van der Waals surface area contributed by atoms with Gasteiger partial charge >= 0.3 is 0 Å². The molecule has 1 saturated heterocycles. The van der Waals surface area contributed by atoms with E-state index in [0.717, 1.165) is 13.1 Å². The molecule has 2 rings (SSSR count). The van der Waals surface area contributed by atoms with Crippen LogP contribution >= 0.6 is 0 Å². The van der Waals surface area contributed by atoms with E-state index >= 15 is 0 Å². The molecule has 0 bridgehead atoms. The highest BCUT2D eigenvalue weighted by Crippen LogP contribution is 2.12. The Kier molecular flexibility index (Phi) is 4.11. The van der Waals surface area contributed by atoms with Crippen LogP contribution in [-0.4, -0.2) is 48.9 Å². The van der Waals surface area contributed by atoms with Gasteiger partial charge in [-0.15, -0.1) is 0 Å². The summed E-state index contributed by atoms with van der Waals surface area (Å²) in [6.45, 7) is 4.22. The zero-order valence-electron chi connectivity index (χ0n) is 10.1. The molecule has 17 heavy (non-hydrogen) atoms. The number of nitrogens with zero attached hydrogens (tertiary/aromatic N) is 2. The Labute approximate surface area is 101 Å². The van der Waals surface area contributed by atoms with Crippen LogP contribution in [0.4, 0.5) is 5.95 Å². The van der Waals surface area contributed by atoms with E-state index in [9.17, 15) is 0 Å². The number of aromatic nitrogens is 2. The van der Waals surface area contributed by atoms with Gasteiger partial charge in [0.25, 0.3) is 0 Å². The number of hydrogen-bond donors (Lipinski definition) is 2. The van der Waals surface area contributed by atoms with Crippen molar-refractivity contribution >= 4 is 5.95 Å². The van der Waals surface area contributed by atoms with Crippen LogP contribution in [0.25, 0.3) is 0 Å². The van der Waals surface area contributed by atoms with Gasteiger partial charge in [-0.25, -0.2) is 4.98 Å². The van der Waals surface area contributed by atoms with Crippen molar-refractivity contribution in [1.82, 2.24) is 15.3 Å². The third kappa shape index (κ3) is 3.04. The second kappa shape index (κ2) is 5.79. The standard InChI is InChI=1S/C11H18N4O2/c1-3-17-10-4-5-13-11(15-10)14-8-6-12-7-9(8)16-2/h4-5,8-9,12H,3,6-7H2,1-2H3,(H,13,14,15)/t8?,9-/m0/s1. The molecule has 1 aromatic heterocycles. The van der Waals surface area contributed by atoms with Gasteiger partial charge in [0.2, 0.25) is 11.8 Å². The summed E-state index contributed by atoms with van der Waals surface area (Å²) in [6, 6.07) is 1.94. The lowest BCUT2D eigenvalue weighted by Gasteiger charge is -2.18. The third-order valence-corrected chi connectivity index (χ3v) is 2.70. The summed E-state index contributed by atoms with van der Waals surface area (Å²) in [6.07, 6.45) is 1.83. The topological polar surface area (TPSA) is 68.3 Å².